The van der Waals surface area contributed by atoms with E-state index < -0.39 is 11.7 Å². The van der Waals surface area contributed by atoms with E-state index in [0.717, 1.165) is 18.9 Å². The summed E-state index contributed by atoms with van der Waals surface area (Å²) in [6.07, 6.45) is -2.41. The minimum Gasteiger partial charge on any atom is -0.494 e. The monoisotopic (exact) mass is 258 g/mol. The van der Waals surface area contributed by atoms with E-state index in [-0.39, 0.29) is 5.56 Å². The first-order chi connectivity index (χ1) is 8.36. The molecule has 1 aromatic carbocycles. The van der Waals surface area contributed by atoms with Crippen LogP contribution in [-0.2, 0) is 10.9 Å². The lowest BCUT2D eigenvalue weighted by atomic mass is 10.0. The smallest absolute Gasteiger partial charge is 0.416 e. The lowest BCUT2D eigenvalue weighted by molar-refractivity contribution is -0.138. The number of hydrogen-bond acceptors (Lipinski definition) is 1. The highest BCUT2D eigenvalue weighted by atomic mass is 19.4. The molecule has 100 valence electrons. The van der Waals surface area contributed by atoms with Gasteiger partial charge in [-0.2, -0.15) is 13.2 Å². The molecule has 1 rings (SSSR count). The zero-order valence-corrected chi connectivity index (χ0v) is 10.6. The van der Waals surface area contributed by atoms with Crippen LogP contribution in [-0.4, -0.2) is 6.61 Å². The van der Waals surface area contributed by atoms with Gasteiger partial charge in [-0.05, 0) is 31.0 Å². The van der Waals surface area contributed by atoms with Crippen molar-refractivity contribution in [2.24, 2.45) is 0 Å². The van der Waals surface area contributed by atoms with Crippen molar-refractivity contribution >= 4 is 5.76 Å². The Bertz CT molecular complexity index is 422. The predicted molar refractivity (Wildman–Crippen MR) is 66.1 cm³/mol. The van der Waals surface area contributed by atoms with Gasteiger partial charge in [-0.15, -0.1) is 0 Å². The number of alkyl halides is 3. The Morgan fingerprint density at radius 2 is 2.00 bits per heavy atom. The summed E-state index contributed by atoms with van der Waals surface area (Å²) in [5.74, 6) is 0.417. The van der Waals surface area contributed by atoms with Crippen molar-refractivity contribution in [1.29, 1.82) is 0 Å². The zero-order valence-electron chi connectivity index (χ0n) is 10.6. The molecule has 0 aliphatic rings. The van der Waals surface area contributed by atoms with Crippen LogP contribution in [0.5, 0.6) is 0 Å². The van der Waals surface area contributed by atoms with Gasteiger partial charge in [0.1, 0.15) is 5.76 Å². The molecule has 0 aliphatic heterocycles. The van der Waals surface area contributed by atoms with Crippen molar-refractivity contribution in [2.45, 2.75) is 32.9 Å². The molecule has 18 heavy (non-hydrogen) atoms. The summed E-state index contributed by atoms with van der Waals surface area (Å²) in [4.78, 5) is 0. The first-order valence-corrected chi connectivity index (χ1v) is 5.86. The lowest BCUT2D eigenvalue weighted by Gasteiger charge is -2.13. The van der Waals surface area contributed by atoms with Crippen molar-refractivity contribution < 1.29 is 17.9 Å². The molecule has 0 aromatic heterocycles. The summed E-state index contributed by atoms with van der Waals surface area (Å²) >= 11 is 0. The topological polar surface area (TPSA) is 9.23 Å². The Balaban J connectivity index is 2.81. The maximum Gasteiger partial charge on any atom is 0.416 e. The molecule has 0 atom stereocenters. The molecule has 0 fully saturated rings. The Hall–Kier alpha value is -1.45. The number of ether oxygens (including phenoxy) is 1. The van der Waals surface area contributed by atoms with Gasteiger partial charge < -0.3 is 4.74 Å². The summed E-state index contributed by atoms with van der Waals surface area (Å²) in [6.45, 7) is 7.74. The highest BCUT2D eigenvalue weighted by Gasteiger charge is 2.32. The van der Waals surface area contributed by atoms with Gasteiger partial charge in [-0.25, -0.2) is 0 Å². The van der Waals surface area contributed by atoms with Gasteiger partial charge in [0, 0.05) is 5.56 Å². The van der Waals surface area contributed by atoms with E-state index in [1.165, 1.54) is 19.1 Å². The fraction of sp³-hybridized carbons (Fsp3) is 0.429. The molecular weight excluding hydrogens is 241 g/mol. The summed E-state index contributed by atoms with van der Waals surface area (Å²) in [5.41, 5.74) is 0.157. The summed E-state index contributed by atoms with van der Waals surface area (Å²) in [7, 11) is 0. The van der Waals surface area contributed by atoms with Crippen LogP contribution in [0.3, 0.4) is 0 Å². The Kier molecular flexibility index (Phi) is 4.82. The van der Waals surface area contributed by atoms with E-state index >= 15 is 0 Å². The van der Waals surface area contributed by atoms with Crippen LogP contribution in [0.25, 0.3) is 5.76 Å². The third kappa shape index (κ3) is 3.79. The number of hydrogen-bond donors (Lipinski definition) is 0. The molecular formula is C14H17F3O. The molecule has 0 heterocycles. The van der Waals surface area contributed by atoms with Gasteiger partial charge in [0.15, 0.2) is 0 Å². The third-order valence-corrected chi connectivity index (χ3v) is 2.63. The molecule has 0 spiro atoms. The minimum absolute atomic E-state index is 0.181. The lowest BCUT2D eigenvalue weighted by Crippen LogP contribution is -2.07. The average molecular weight is 258 g/mol. The average Bonchev–Trinajstić information content (AvgIpc) is 2.27. The number of benzene rings is 1. The summed E-state index contributed by atoms with van der Waals surface area (Å²) < 4.78 is 43.1. The molecule has 0 saturated carbocycles. The molecule has 0 amide bonds. The minimum atomic E-state index is -4.31. The maximum atomic E-state index is 12.6. The van der Waals surface area contributed by atoms with Gasteiger partial charge in [0.25, 0.3) is 0 Å². The molecule has 0 bridgehead atoms. The van der Waals surface area contributed by atoms with E-state index in [1.54, 1.807) is 0 Å². The molecule has 1 aromatic rings. The Labute approximate surface area is 105 Å². The Morgan fingerprint density at radius 3 is 2.50 bits per heavy atom. The predicted octanol–water partition coefficient (Wildman–Crippen LogP) is 4.80. The van der Waals surface area contributed by atoms with E-state index in [2.05, 4.69) is 6.58 Å². The van der Waals surface area contributed by atoms with E-state index in [9.17, 15) is 13.2 Å². The zero-order chi connectivity index (χ0) is 13.8. The molecule has 0 radical (unpaired) electrons. The van der Waals surface area contributed by atoms with Gasteiger partial charge >= 0.3 is 6.18 Å². The number of halogens is 3. The number of rotatable bonds is 5. The van der Waals surface area contributed by atoms with Crippen molar-refractivity contribution in [2.75, 3.05) is 6.61 Å². The van der Waals surface area contributed by atoms with Crippen molar-refractivity contribution in [3.63, 3.8) is 0 Å². The fourth-order valence-corrected chi connectivity index (χ4v) is 1.58. The molecule has 1 nitrogen and oxygen atoms in total. The summed E-state index contributed by atoms with van der Waals surface area (Å²) in [6, 6.07) is 3.92. The molecule has 0 aliphatic carbocycles. The van der Waals surface area contributed by atoms with E-state index in [4.69, 9.17) is 4.74 Å². The first kappa shape index (κ1) is 14.6. The van der Waals surface area contributed by atoms with Crippen LogP contribution in [0.2, 0.25) is 0 Å². The van der Waals surface area contributed by atoms with Crippen LogP contribution < -0.4 is 0 Å². The SMILES string of the molecule is C=C(OCCCC)c1ccc(C(F)(F)F)c(C)c1. The van der Waals surface area contributed by atoms with E-state index in [1.807, 2.05) is 6.92 Å². The van der Waals surface area contributed by atoms with Gasteiger partial charge in [-0.1, -0.05) is 26.0 Å². The van der Waals surface area contributed by atoms with Crippen LogP contribution in [0.15, 0.2) is 24.8 Å². The van der Waals surface area contributed by atoms with Crippen LogP contribution in [0.4, 0.5) is 13.2 Å². The first-order valence-electron chi connectivity index (χ1n) is 5.86. The highest BCUT2D eigenvalue weighted by Crippen LogP contribution is 2.32. The van der Waals surface area contributed by atoms with Crippen molar-refractivity contribution in [3.8, 4) is 0 Å². The molecule has 4 heteroatoms. The quantitative estimate of drug-likeness (QED) is 0.544. The highest BCUT2D eigenvalue weighted by molar-refractivity contribution is 5.59. The molecule has 0 saturated heterocycles. The molecule has 0 N–H and O–H groups in total. The van der Waals surface area contributed by atoms with Crippen LogP contribution in [0, 0.1) is 6.92 Å². The molecule has 0 unspecified atom stereocenters. The van der Waals surface area contributed by atoms with E-state index in [0.29, 0.717) is 17.9 Å². The standard InChI is InChI=1S/C14H17F3O/c1-4-5-8-18-11(3)12-6-7-13(10(2)9-12)14(15,16)17/h6-7,9H,3-5,8H2,1-2H3. The fourth-order valence-electron chi connectivity index (χ4n) is 1.58. The van der Waals surface area contributed by atoms with Gasteiger partial charge in [-0.3, -0.25) is 0 Å². The maximum absolute atomic E-state index is 12.6. The second-order valence-electron chi connectivity index (χ2n) is 4.15. The summed E-state index contributed by atoms with van der Waals surface area (Å²) in [5, 5.41) is 0. The van der Waals surface area contributed by atoms with Crippen molar-refractivity contribution in [3.05, 3.63) is 41.5 Å². The van der Waals surface area contributed by atoms with Crippen LogP contribution >= 0.6 is 0 Å². The van der Waals surface area contributed by atoms with Gasteiger partial charge in [0.2, 0.25) is 0 Å². The second-order valence-corrected chi connectivity index (χ2v) is 4.15. The van der Waals surface area contributed by atoms with Crippen LogP contribution in [0.1, 0.15) is 36.5 Å². The van der Waals surface area contributed by atoms with Gasteiger partial charge in [0.05, 0.1) is 12.2 Å². The Morgan fingerprint density at radius 1 is 1.33 bits per heavy atom. The normalized spacial score (nSPS) is 11.4. The number of aryl methyl sites for hydroxylation is 1. The third-order valence-electron chi connectivity index (χ3n) is 2.63. The van der Waals surface area contributed by atoms with Crippen molar-refractivity contribution in [1.82, 2.24) is 0 Å². The second kappa shape index (κ2) is 5.94. The largest absolute Gasteiger partial charge is 0.494 e. The number of unbranched alkanes of at least 4 members (excludes halogenated alkanes) is 1.